The minimum Gasteiger partial charge on any atom is -0.351 e. The van der Waals surface area contributed by atoms with E-state index in [1.54, 1.807) is 12.4 Å². The van der Waals surface area contributed by atoms with E-state index >= 15 is 0 Å². The summed E-state index contributed by atoms with van der Waals surface area (Å²) in [6.45, 7) is 5.42. The third kappa shape index (κ3) is 2.81. The fourth-order valence-corrected chi connectivity index (χ4v) is 3.14. The van der Waals surface area contributed by atoms with Gasteiger partial charge in [-0.1, -0.05) is 0 Å². The molecule has 0 aromatic carbocycles. The van der Waals surface area contributed by atoms with Crippen LogP contribution < -0.4 is 9.80 Å². The third-order valence-corrected chi connectivity index (χ3v) is 4.48. The van der Waals surface area contributed by atoms with Crippen LogP contribution in [-0.4, -0.2) is 70.1 Å². The number of anilines is 2. The lowest BCUT2D eigenvalue weighted by atomic mass is 10.1. The van der Waals surface area contributed by atoms with Gasteiger partial charge in [-0.3, -0.25) is 4.90 Å². The second-order valence-corrected chi connectivity index (χ2v) is 5.82. The second kappa shape index (κ2) is 6.04. The maximum Gasteiger partial charge on any atom is 0.225 e. The highest BCUT2D eigenvalue weighted by Crippen LogP contribution is 2.24. The molecule has 0 aliphatic carbocycles. The molecule has 0 N–H and O–H groups in total. The lowest BCUT2D eigenvalue weighted by molar-refractivity contribution is 0.155. The summed E-state index contributed by atoms with van der Waals surface area (Å²) in [5, 5.41) is 0. The topological polar surface area (TPSA) is 61.3 Å². The molecule has 0 spiro atoms. The zero-order chi connectivity index (χ0) is 15.6. The Hall–Kier alpha value is -2.35. The molecule has 0 radical (unpaired) electrons. The van der Waals surface area contributed by atoms with Gasteiger partial charge in [0.1, 0.15) is 6.33 Å². The first-order valence-electron chi connectivity index (χ1n) is 7.78. The molecular formula is C15H18FN7. The third-order valence-electron chi connectivity index (χ3n) is 4.48. The van der Waals surface area contributed by atoms with Crippen LogP contribution in [0.1, 0.15) is 0 Å². The number of rotatable bonds is 3. The molecule has 2 aromatic rings. The summed E-state index contributed by atoms with van der Waals surface area (Å²) < 4.78 is 13.7. The Kier molecular flexibility index (Phi) is 3.74. The fraction of sp³-hybridized carbons (Fsp3) is 0.467. The van der Waals surface area contributed by atoms with Gasteiger partial charge in [0.15, 0.2) is 11.6 Å². The second-order valence-electron chi connectivity index (χ2n) is 5.82. The van der Waals surface area contributed by atoms with Crippen molar-refractivity contribution in [3.8, 4) is 0 Å². The molecule has 2 aromatic heterocycles. The van der Waals surface area contributed by atoms with E-state index in [1.165, 1.54) is 12.5 Å². The molecule has 4 rings (SSSR count). The number of hydrogen-bond acceptors (Lipinski definition) is 7. The predicted octanol–water partition coefficient (Wildman–Crippen LogP) is 0.416. The number of aromatic nitrogens is 4. The molecule has 0 bridgehead atoms. The first-order valence-corrected chi connectivity index (χ1v) is 7.78. The Bertz CT molecular complexity index is 654. The summed E-state index contributed by atoms with van der Waals surface area (Å²) in [5.41, 5.74) is 0. The molecule has 8 heteroatoms. The Morgan fingerprint density at radius 1 is 0.957 bits per heavy atom. The van der Waals surface area contributed by atoms with Crippen LogP contribution in [0.3, 0.4) is 0 Å². The van der Waals surface area contributed by atoms with Crippen LogP contribution in [0.2, 0.25) is 0 Å². The van der Waals surface area contributed by atoms with Gasteiger partial charge < -0.3 is 9.80 Å². The molecule has 0 atom stereocenters. The van der Waals surface area contributed by atoms with Crippen molar-refractivity contribution in [2.45, 2.75) is 6.04 Å². The van der Waals surface area contributed by atoms with Crippen LogP contribution in [0, 0.1) is 5.82 Å². The Morgan fingerprint density at radius 2 is 1.70 bits per heavy atom. The quantitative estimate of drug-likeness (QED) is 0.813. The highest BCUT2D eigenvalue weighted by Gasteiger charge is 2.35. The minimum absolute atomic E-state index is 0.350. The van der Waals surface area contributed by atoms with Gasteiger partial charge in [0, 0.05) is 57.7 Å². The zero-order valence-corrected chi connectivity index (χ0v) is 12.7. The minimum atomic E-state index is -0.350. The van der Waals surface area contributed by atoms with Crippen molar-refractivity contribution in [1.29, 1.82) is 0 Å². The predicted molar refractivity (Wildman–Crippen MR) is 83.8 cm³/mol. The maximum atomic E-state index is 13.7. The normalized spacial score (nSPS) is 19.7. The first kappa shape index (κ1) is 14.3. The highest BCUT2D eigenvalue weighted by atomic mass is 19.1. The van der Waals surface area contributed by atoms with Crippen LogP contribution in [-0.2, 0) is 0 Å². The maximum absolute atomic E-state index is 13.7. The van der Waals surface area contributed by atoms with Crippen molar-refractivity contribution in [1.82, 2.24) is 24.8 Å². The fourth-order valence-electron chi connectivity index (χ4n) is 3.14. The molecule has 2 aliphatic heterocycles. The molecule has 23 heavy (non-hydrogen) atoms. The van der Waals surface area contributed by atoms with Gasteiger partial charge in [-0.25, -0.2) is 24.3 Å². The summed E-state index contributed by atoms with van der Waals surface area (Å²) in [4.78, 5) is 22.9. The van der Waals surface area contributed by atoms with E-state index in [4.69, 9.17) is 0 Å². The van der Waals surface area contributed by atoms with Gasteiger partial charge in [0.05, 0.1) is 6.20 Å². The van der Waals surface area contributed by atoms with Gasteiger partial charge in [0.25, 0.3) is 0 Å². The van der Waals surface area contributed by atoms with Crippen molar-refractivity contribution in [3.63, 3.8) is 0 Å². The summed E-state index contributed by atoms with van der Waals surface area (Å²) in [6, 6.07) is 2.29. The van der Waals surface area contributed by atoms with E-state index in [0.29, 0.717) is 11.9 Å². The van der Waals surface area contributed by atoms with E-state index < -0.39 is 0 Å². The van der Waals surface area contributed by atoms with Crippen molar-refractivity contribution in [3.05, 3.63) is 36.8 Å². The van der Waals surface area contributed by atoms with E-state index in [9.17, 15) is 4.39 Å². The van der Waals surface area contributed by atoms with Crippen molar-refractivity contribution >= 4 is 11.8 Å². The van der Waals surface area contributed by atoms with Gasteiger partial charge in [-0.2, -0.15) is 0 Å². The first-order chi connectivity index (χ1) is 11.3. The lowest BCUT2D eigenvalue weighted by Gasteiger charge is -2.48. The molecule has 0 saturated carbocycles. The van der Waals surface area contributed by atoms with E-state index in [0.717, 1.165) is 45.2 Å². The lowest BCUT2D eigenvalue weighted by Crippen LogP contribution is -2.63. The standard InChI is InChI=1S/C15H18FN7/c16-13-8-17-11-20-14(13)23-9-12(10-23)21-4-6-22(7-5-21)15-18-2-1-3-19-15/h1-3,8,11-12H,4-7,9-10H2. The Labute approximate surface area is 133 Å². The van der Waals surface area contributed by atoms with Crippen molar-refractivity contribution in [2.75, 3.05) is 49.1 Å². The summed E-state index contributed by atoms with van der Waals surface area (Å²) in [6.07, 6.45) is 6.15. The Morgan fingerprint density at radius 3 is 2.39 bits per heavy atom. The number of halogens is 1. The average molecular weight is 315 g/mol. The highest BCUT2D eigenvalue weighted by molar-refractivity contribution is 5.42. The monoisotopic (exact) mass is 315 g/mol. The largest absolute Gasteiger partial charge is 0.351 e. The van der Waals surface area contributed by atoms with Crippen LogP contribution >= 0.6 is 0 Å². The molecule has 2 fully saturated rings. The molecular weight excluding hydrogens is 297 g/mol. The van der Waals surface area contributed by atoms with Crippen molar-refractivity contribution in [2.24, 2.45) is 0 Å². The number of piperazine rings is 1. The van der Waals surface area contributed by atoms with Gasteiger partial charge in [-0.15, -0.1) is 0 Å². The molecule has 2 saturated heterocycles. The van der Waals surface area contributed by atoms with Gasteiger partial charge in [0.2, 0.25) is 5.95 Å². The van der Waals surface area contributed by atoms with E-state index in [1.807, 2.05) is 11.0 Å². The smallest absolute Gasteiger partial charge is 0.225 e. The summed E-state index contributed by atoms with van der Waals surface area (Å²) >= 11 is 0. The van der Waals surface area contributed by atoms with Gasteiger partial charge >= 0.3 is 0 Å². The van der Waals surface area contributed by atoms with Gasteiger partial charge in [-0.05, 0) is 6.07 Å². The molecule has 4 heterocycles. The van der Waals surface area contributed by atoms with Crippen LogP contribution in [0.25, 0.3) is 0 Å². The average Bonchev–Trinajstić information content (AvgIpc) is 2.57. The SMILES string of the molecule is Fc1cncnc1N1CC(N2CCN(c3ncccn3)CC2)C1. The summed E-state index contributed by atoms with van der Waals surface area (Å²) in [5.74, 6) is 0.856. The van der Waals surface area contributed by atoms with E-state index in [-0.39, 0.29) is 5.82 Å². The number of nitrogens with zero attached hydrogens (tertiary/aromatic N) is 7. The zero-order valence-electron chi connectivity index (χ0n) is 12.7. The van der Waals surface area contributed by atoms with Crippen LogP contribution in [0.15, 0.2) is 31.0 Å². The van der Waals surface area contributed by atoms with E-state index in [2.05, 4.69) is 29.7 Å². The Balaban J connectivity index is 1.30. The van der Waals surface area contributed by atoms with Crippen LogP contribution in [0.4, 0.5) is 16.2 Å². The van der Waals surface area contributed by atoms with Crippen LogP contribution in [0.5, 0.6) is 0 Å². The molecule has 0 amide bonds. The summed E-state index contributed by atoms with van der Waals surface area (Å²) in [7, 11) is 0. The molecule has 2 aliphatic rings. The molecule has 7 nitrogen and oxygen atoms in total. The molecule has 120 valence electrons. The van der Waals surface area contributed by atoms with Crippen molar-refractivity contribution < 1.29 is 4.39 Å². The molecule has 0 unspecified atom stereocenters. The number of hydrogen-bond donors (Lipinski definition) is 0.